The van der Waals surface area contributed by atoms with Crippen molar-refractivity contribution in [3.63, 3.8) is 0 Å². The number of aryl methyl sites for hydroxylation is 1. The molecule has 1 amide bonds. The van der Waals surface area contributed by atoms with Crippen molar-refractivity contribution in [3.05, 3.63) is 40.9 Å². The smallest absolute Gasteiger partial charge is 0.257 e. The molecule has 4 nitrogen and oxygen atoms in total. The second-order valence-electron chi connectivity index (χ2n) is 4.83. The summed E-state index contributed by atoms with van der Waals surface area (Å²) in [6.07, 6.45) is 3.41. The third-order valence-corrected chi connectivity index (χ3v) is 3.85. The van der Waals surface area contributed by atoms with E-state index in [-0.39, 0.29) is 5.91 Å². The van der Waals surface area contributed by atoms with Gasteiger partial charge in [0.15, 0.2) is 5.13 Å². The monoisotopic (exact) mass is 304 g/mol. The van der Waals surface area contributed by atoms with Crippen LogP contribution in [0.5, 0.6) is 5.75 Å². The minimum Gasteiger partial charge on any atom is -0.494 e. The molecule has 2 aromatic rings. The van der Waals surface area contributed by atoms with Crippen molar-refractivity contribution in [3.8, 4) is 5.75 Å². The number of hydrogen-bond donors (Lipinski definition) is 1. The van der Waals surface area contributed by atoms with Gasteiger partial charge in [-0.15, -0.1) is 11.3 Å². The number of amides is 1. The van der Waals surface area contributed by atoms with Gasteiger partial charge in [-0.1, -0.05) is 19.8 Å². The number of unbranched alkanes of at least 4 members (excludes halogenated alkanes) is 2. The predicted octanol–water partition coefficient (Wildman–Crippen LogP) is 4.27. The van der Waals surface area contributed by atoms with Crippen molar-refractivity contribution in [2.75, 3.05) is 11.9 Å². The number of anilines is 1. The molecular weight excluding hydrogens is 284 g/mol. The minimum absolute atomic E-state index is 0.151. The van der Waals surface area contributed by atoms with Gasteiger partial charge in [-0.3, -0.25) is 10.1 Å². The van der Waals surface area contributed by atoms with Crippen LogP contribution in [0.2, 0.25) is 0 Å². The van der Waals surface area contributed by atoms with E-state index in [2.05, 4.69) is 17.2 Å². The zero-order chi connectivity index (χ0) is 15.1. The van der Waals surface area contributed by atoms with Crippen LogP contribution < -0.4 is 10.1 Å². The summed E-state index contributed by atoms with van der Waals surface area (Å²) in [5.41, 5.74) is 1.51. The summed E-state index contributed by atoms with van der Waals surface area (Å²) in [4.78, 5) is 16.3. The molecule has 0 bridgehead atoms. The highest BCUT2D eigenvalue weighted by Gasteiger charge is 2.08. The van der Waals surface area contributed by atoms with Crippen molar-refractivity contribution in [2.24, 2.45) is 0 Å². The predicted molar refractivity (Wildman–Crippen MR) is 86.3 cm³/mol. The number of carbonyl (C=O) groups is 1. The molecule has 0 spiro atoms. The van der Waals surface area contributed by atoms with E-state index in [1.807, 2.05) is 24.4 Å². The van der Waals surface area contributed by atoms with Gasteiger partial charge in [-0.2, -0.15) is 0 Å². The molecule has 0 aliphatic carbocycles. The Morgan fingerprint density at radius 3 is 2.67 bits per heavy atom. The van der Waals surface area contributed by atoms with Crippen molar-refractivity contribution in [1.29, 1.82) is 0 Å². The Kier molecular flexibility index (Phi) is 5.75. The van der Waals surface area contributed by atoms with Gasteiger partial charge in [-0.05, 0) is 37.6 Å². The number of benzene rings is 1. The molecule has 0 atom stereocenters. The van der Waals surface area contributed by atoms with Gasteiger partial charge >= 0.3 is 0 Å². The Balaban J connectivity index is 1.87. The van der Waals surface area contributed by atoms with E-state index in [9.17, 15) is 4.79 Å². The first-order valence-electron chi connectivity index (χ1n) is 7.15. The van der Waals surface area contributed by atoms with Gasteiger partial charge in [-0.25, -0.2) is 4.98 Å². The molecule has 0 unspecified atom stereocenters. The molecule has 0 saturated carbocycles. The summed E-state index contributed by atoms with van der Waals surface area (Å²) in [5.74, 6) is 0.648. The molecule has 1 heterocycles. The van der Waals surface area contributed by atoms with E-state index in [1.54, 1.807) is 12.1 Å². The fourth-order valence-corrected chi connectivity index (χ4v) is 2.51. The summed E-state index contributed by atoms with van der Waals surface area (Å²) in [7, 11) is 0. The molecule has 112 valence electrons. The van der Waals surface area contributed by atoms with Crippen LogP contribution in [0.1, 0.15) is 42.2 Å². The standard InChI is InChI=1S/C16H20N2O2S/c1-3-4-5-10-20-14-8-6-13(7-9-14)15(19)18-16-17-12(2)11-21-16/h6-9,11H,3-5,10H2,1-2H3,(H,17,18,19). The highest BCUT2D eigenvalue weighted by Crippen LogP contribution is 2.17. The maximum atomic E-state index is 12.0. The largest absolute Gasteiger partial charge is 0.494 e. The van der Waals surface area contributed by atoms with Gasteiger partial charge in [0.05, 0.1) is 12.3 Å². The first kappa shape index (κ1) is 15.5. The Morgan fingerprint density at radius 2 is 2.05 bits per heavy atom. The van der Waals surface area contributed by atoms with Gasteiger partial charge in [0.25, 0.3) is 5.91 Å². The van der Waals surface area contributed by atoms with E-state index in [4.69, 9.17) is 4.74 Å². The molecule has 1 aromatic heterocycles. The van der Waals surface area contributed by atoms with Crippen LogP contribution in [0.25, 0.3) is 0 Å². The fraction of sp³-hybridized carbons (Fsp3) is 0.375. The molecule has 5 heteroatoms. The van der Waals surface area contributed by atoms with Crippen molar-refractivity contribution in [1.82, 2.24) is 4.98 Å². The lowest BCUT2D eigenvalue weighted by atomic mass is 10.2. The summed E-state index contributed by atoms with van der Waals surface area (Å²) < 4.78 is 5.62. The summed E-state index contributed by atoms with van der Waals surface area (Å²) >= 11 is 1.42. The lowest BCUT2D eigenvalue weighted by Gasteiger charge is -2.06. The molecular formula is C16H20N2O2S. The lowest BCUT2D eigenvalue weighted by molar-refractivity contribution is 0.102. The number of thiazole rings is 1. The van der Waals surface area contributed by atoms with Crippen LogP contribution in [0.15, 0.2) is 29.6 Å². The molecule has 2 rings (SSSR count). The Bertz CT molecular complexity index is 578. The average Bonchev–Trinajstić information content (AvgIpc) is 2.89. The molecule has 0 radical (unpaired) electrons. The average molecular weight is 304 g/mol. The number of aromatic nitrogens is 1. The zero-order valence-corrected chi connectivity index (χ0v) is 13.2. The SMILES string of the molecule is CCCCCOc1ccc(C(=O)Nc2nc(C)cs2)cc1. The number of nitrogens with zero attached hydrogens (tertiary/aromatic N) is 1. The van der Waals surface area contributed by atoms with Crippen LogP contribution in [-0.2, 0) is 0 Å². The molecule has 21 heavy (non-hydrogen) atoms. The Labute approximate surface area is 129 Å². The minimum atomic E-state index is -0.151. The first-order valence-corrected chi connectivity index (χ1v) is 8.03. The Morgan fingerprint density at radius 1 is 1.29 bits per heavy atom. The Hall–Kier alpha value is -1.88. The molecule has 0 fully saturated rings. The van der Waals surface area contributed by atoms with Gasteiger partial charge in [0, 0.05) is 10.9 Å². The maximum absolute atomic E-state index is 12.0. The van der Waals surface area contributed by atoms with Crippen molar-refractivity contribution < 1.29 is 9.53 Å². The van der Waals surface area contributed by atoms with Crippen LogP contribution in [0.3, 0.4) is 0 Å². The van der Waals surface area contributed by atoms with Gasteiger partial charge < -0.3 is 4.74 Å². The van der Waals surface area contributed by atoms with E-state index in [0.29, 0.717) is 10.7 Å². The van der Waals surface area contributed by atoms with Crippen molar-refractivity contribution in [2.45, 2.75) is 33.1 Å². The second kappa shape index (κ2) is 7.78. The molecule has 1 N–H and O–H groups in total. The summed E-state index contributed by atoms with van der Waals surface area (Å²) in [5, 5.41) is 5.31. The highest BCUT2D eigenvalue weighted by atomic mass is 32.1. The van der Waals surface area contributed by atoms with Crippen molar-refractivity contribution >= 4 is 22.4 Å². The second-order valence-corrected chi connectivity index (χ2v) is 5.69. The number of nitrogens with one attached hydrogen (secondary N) is 1. The normalized spacial score (nSPS) is 10.4. The molecule has 0 aliphatic heterocycles. The van der Waals surface area contributed by atoms with Crippen LogP contribution in [-0.4, -0.2) is 17.5 Å². The molecule has 0 aliphatic rings. The number of carbonyl (C=O) groups excluding carboxylic acids is 1. The van der Waals surface area contributed by atoms with Crippen LogP contribution in [0, 0.1) is 6.92 Å². The van der Waals surface area contributed by atoms with Crippen LogP contribution in [0.4, 0.5) is 5.13 Å². The lowest BCUT2D eigenvalue weighted by Crippen LogP contribution is -2.11. The number of ether oxygens (including phenoxy) is 1. The number of hydrogen-bond acceptors (Lipinski definition) is 4. The first-order chi connectivity index (χ1) is 10.2. The summed E-state index contributed by atoms with van der Waals surface area (Å²) in [6, 6.07) is 7.19. The van der Waals surface area contributed by atoms with Crippen LogP contribution >= 0.6 is 11.3 Å². The third kappa shape index (κ3) is 4.86. The highest BCUT2D eigenvalue weighted by molar-refractivity contribution is 7.13. The molecule has 0 saturated heterocycles. The zero-order valence-electron chi connectivity index (χ0n) is 12.4. The number of rotatable bonds is 7. The fourth-order valence-electron chi connectivity index (χ4n) is 1.83. The van der Waals surface area contributed by atoms with E-state index in [1.165, 1.54) is 24.2 Å². The van der Waals surface area contributed by atoms with E-state index < -0.39 is 0 Å². The van der Waals surface area contributed by atoms with Gasteiger partial charge in [0.2, 0.25) is 0 Å². The maximum Gasteiger partial charge on any atom is 0.257 e. The quantitative estimate of drug-likeness (QED) is 0.777. The van der Waals surface area contributed by atoms with E-state index >= 15 is 0 Å². The third-order valence-electron chi connectivity index (χ3n) is 2.97. The topological polar surface area (TPSA) is 51.2 Å². The van der Waals surface area contributed by atoms with Gasteiger partial charge in [0.1, 0.15) is 5.75 Å². The summed E-state index contributed by atoms with van der Waals surface area (Å²) in [6.45, 7) is 4.78. The van der Waals surface area contributed by atoms with E-state index in [0.717, 1.165) is 24.5 Å². The molecule has 1 aromatic carbocycles.